The van der Waals surface area contributed by atoms with Crippen molar-refractivity contribution in [3.05, 3.63) is 18.5 Å². The highest BCUT2D eigenvalue weighted by Gasteiger charge is 2.17. The minimum Gasteiger partial charge on any atom is -0.397 e. The van der Waals surface area contributed by atoms with E-state index in [-0.39, 0.29) is 5.41 Å². The van der Waals surface area contributed by atoms with E-state index in [4.69, 9.17) is 10.5 Å². The largest absolute Gasteiger partial charge is 0.397 e. The van der Waals surface area contributed by atoms with Gasteiger partial charge in [0.1, 0.15) is 0 Å². The molecule has 4 nitrogen and oxygen atoms in total. The lowest BCUT2D eigenvalue weighted by molar-refractivity contribution is 0.157. The normalized spacial score (nSPS) is 11.4. The first-order valence-corrected chi connectivity index (χ1v) is 5.47. The number of methoxy groups -OCH3 is 1. The van der Waals surface area contributed by atoms with Crippen molar-refractivity contribution >= 4 is 11.4 Å². The zero-order valence-corrected chi connectivity index (χ0v) is 10.3. The van der Waals surface area contributed by atoms with Gasteiger partial charge in [0, 0.05) is 26.5 Å². The second-order valence-corrected chi connectivity index (χ2v) is 4.77. The summed E-state index contributed by atoms with van der Waals surface area (Å²) in [5.74, 6) is 0. The maximum absolute atomic E-state index is 5.66. The van der Waals surface area contributed by atoms with Crippen LogP contribution in [0.3, 0.4) is 0 Å². The van der Waals surface area contributed by atoms with Crippen LogP contribution in [-0.2, 0) is 4.74 Å². The SMILES string of the molecule is COCCC(C)(C)CNc1cncc(N)c1. The highest BCUT2D eigenvalue weighted by atomic mass is 16.5. The molecule has 3 N–H and O–H groups in total. The average Bonchev–Trinajstić information content (AvgIpc) is 2.24. The second-order valence-electron chi connectivity index (χ2n) is 4.77. The van der Waals surface area contributed by atoms with E-state index in [0.29, 0.717) is 5.69 Å². The van der Waals surface area contributed by atoms with E-state index in [9.17, 15) is 0 Å². The first-order chi connectivity index (χ1) is 7.53. The summed E-state index contributed by atoms with van der Waals surface area (Å²) in [5.41, 5.74) is 7.49. The van der Waals surface area contributed by atoms with Crippen LogP contribution in [0.25, 0.3) is 0 Å². The molecule has 0 atom stereocenters. The lowest BCUT2D eigenvalue weighted by Crippen LogP contribution is -2.24. The van der Waals surface area contributed by atoms with Gasteiger partial charge in [-0.15, -0.1) is 0 Å². The molecule has 1 rings (SSSR count). The zero-order valence-electron chi connectivity index (χ0n) is 10.3. The van der Waals surface area contributed by atoms with Gasteiger partial charge in [-0.05, 0) is 17.9 Å². The van der Waals surface area contributed by atoms with Crippen LogP contribution in [0.1, 0.15) is 20.3 Å². The number of anilines is 2. The Morgan fingerprint density at radius 1 is 1.44 bits per heavy atom. The summed E-state index contributed by atoms with van der Waals surface area (Å²) in [6.07, 6.45) is 4.44. The molecule has 0 saturated carbocycles. The van der Waals surface area contributed by atoms with Gasteiger partial charge in [0.2, 0.25) is 0 Å². The minimum absolute atomic E-state index is 0.195. The van der Waals surface area contributed by atoms with Crippen molar-refractivity contribution in [3.8, 4) is 0 Å². The fourth-order valence-corrected chi connectivity index (χ4v) is 1.36. The average molecular weight is 223 g/mol. The quantitative estimate of drug-likeness (QED) is 0.775. The summed E-state index contributed by atoms with van der Waals surface area (Å²) in [6.45, 7) is 6.07. The van der Waals surface area contributed by atoms with Gasteiger partial charge in [0.25, 0.3) is 0 Å². The molecule has 0 spiro atoms. The van der Waals surface area contributed by atoms with Crippen molar-refractivity contribution in [3.63, 3.8) is 0 Å². The zero-order chi connectivity index (χ0) is 12.0. The topological polar surface area (TPSA) is 60.2 Å². The van der Waals surface area contributed by atoms with Gasteiger partial charge >= 0.3 is 0 Å². The third-order valence-corrected chi connectivity index (χ3v) is 2.51. The first kappa shape index (κ1) is 12.8. The first-order valence-electron chi connectivity index (χ1n) is 5.47. The fourth-order valence-electron chi connectivity index (χ4n) is 1.36. The number of nitrogens with two attached hydrogens (primary N) is 1. The molecule has 0 saturated heterocycles. The Morgan fingerprint density at radius 3 is 2.81 bits per heavy atom. The van der Waals surface area contributed by atoms with Gasteiger partial charge in [-0.2, -0.15) is 0 Å². The van der Waals surface area contributed by atoms with E-state index in [0.717, 1.165) is 25.3 Å². The van der Waals surface area contributed by atoms with Crippen LogP contribution in [0.5, 0.6) is 0 Å². The summed E-state index contributed by atoms with van der Waals surface area (Å²) in [4.78, 5) is 4.03. The highest BCUT2D eigenvalue weighted by molar-refractivity contribution is 5.51. The molecule has 1 aromatic rings. The highest BCUT2D eigenvalue weighted by Crippen LogP contribution is 2.21. The number of ether oxygens (including phenoxy) is 1. The molecule has 0 aliphatic carbocycles. The number of hydrogen-bond acceptors (Lipinski definition) is 4. The summed E-state index contributed by atoms with van der Waals surface area (Å²) in [6, 6.07) is 1.89. The van der Waals surface area contributed by atoms with Crippen LogP contribution in [0.2, 0.25) is 0 Å². The fraction of sp³-hybridized carbons (Fsp3) is 0.583. The predicted octanol–water partition coefficient (Wildman–Crippen LogP) is 2.14. The molecule has 0 aliphatic heterocycles. The van der Waals surface area contributed by atoms with Crippen LogP contribution in [0.15, 0.2) is 18.5 Å². The van der Waals surface area contributed by atoms with Gasteiger partial charge in [-0.1, -0.05) is 13.8 Å². The Morgan fingerprint density at radius 2 is 2.19 bits per heavy atom. The van der Waals surface area contributed by atoms with Crippen molar-refractivity contribution in [1.29, 1.82) is 0 Å². The summed E-state index contributed by atoms with van der Waals surface area (Å²) in [5, 5.41) is 3.34. The molecule has 0 bridgehead atoms. The lowest BCUT2D eigenvalue weighted by atomic mass is 9.89. The summed E-state index contributed by atoms with van der Waals surface area (Å²) >= 11 is 0. The Kier molecular flexibility index (Phi) is 4.55. The molecule has 1 aromatic heterocycles. The number of nitrogen functional groups attached to an aromatic ring is 1. The molecule has 90 valence electrons. The molecule has 0 aromatic carbocycles. The third kappa shape index (κ3) is 4.49. The van der Waals surface area contributed by atoms with E-state index in [2.05, 4.69) is 24.1 Å². The van der Waals surface area contributed by atoms with Gasteiger partial charge < -0.3 is 15.8 Å². The molecule has 0 fully saturated rings. The van der Waals surface area contributed by atoms with Crippen LogP contribution in [-0.4, -0.2) is 25.2 Å². The van der Waals surface area contributed by atoms with Crippen LogP contribution in [0, 0.1) is 5.41 Å². The van der Waals surface area contributed by atoms with Gasteiger partial charge in [-0.25, -0.2) is 0 Å². The number of pyridine rings is 1. The van der Waals surface area contributed by atoms with Crippen molar-refractivity contribution in [2.75, 3.05) is 31.3 Å². The number of rotatable bonds is 6. The van der Waals surface area contributed by atoms with Gasteiger partial charge in [0.15, 0.2) is 0 Å². The Bertz CT molecular complexity index is 326. The molecular weight excluding hydrogens is 202 g/mol. The van der Waals surface area contributed by atoms with E-state index in [1.165, 1.54) is 0 Å². The summed E-state index contributed by atoms with van der Waals surface area (Å²) in [7, 11) is 1.73. The number of aromatic nitrogens is 1. The van der Waals surface area contributed by atoms with E-state index in [1.807, 2.05) is 6.07 Å². The van der Waals surface area contributed by atoms with Crippen molar-refractivity contribution in [1.82, 2.24) is 4.98 Å². The Hall–Kier alpha value is -1.29. The number of nitrogens with one attached hydrogen (secondary N) is 1. The molecule has 16 heavy (non-hydrogen) atoms. The maximum Gasteiger partial charge on any atom is 0.0547 e. The molecule has 0 radical (unpaired) electrons. The minimum atomic E-state index is 0.195. The molecule has 0 aliphatic rings. The van der Waals surface area contributed by atoms with Gasteiger partial charge in [-0.3, -0.25) is 4.98 Å². The molecule has 4 heteroatoms. The predicted molar refractivity (Wildman–Crippen MR) is 67.4 cm³/mol. The Labute approximate surface area is 97.2 Å². The van der Waals surface area contributed by atoms with E-state index < -0.39 is 0 Å². The smallest absolute Gasteiger partial charge is 0.0547 e. The standard InChI is InChI=1S/C12H21N3O/c1-12(2,4-5-16-3)9-15-11-6-10(13)7-14-8-11/h6-8,15H,4-5,9,13H2,1-3H3. The summed E-state index contributed by atoms with van der Waals surface area (Å²) < 4.78 is 5.09. The third-order valence-electron chi connectivity index (χ3n) is 2.51. The van der Waals surface area contributed by atoms with E-state index >= 15 is 0 Å². The maximum atomic E-state index is 5.66. The molecule has 1 heterocycles. The number of nitrogens with zero attached hydrogens (tertiary/aromatic N) is 1. The molecule has 0 amide bonds. The van der Waals surface area contributed by atoms with E-state index in [1.54, 1.807) is 19.5 Å². The van der Waals surface area contributed by atoms with Crippen molar-refractivity contribution < 1.29 is 4.74 Å². The molecule has 0 unspecified atom stereocenters. The lowest BCUT2D eigenvalue weighted by Gasteiger charge is -2.25. The molecular formula is C12H21N3O. The van der Waals surface area contributed by atoms with Crippen LogP contribution >= 0.6 is 0 Å². The van der Waals surface area contributed by atoms with Crippen molar-refractivity contribution in [2.45, 2.75) is 20.3 Å². The number of hydrogen-bond donors (Lipinski definition) is 2. The van der Waals surface area contributed by atoms with Crippen LogP contribution < -0.4 is 11.1 Å². The second kappa shape index (κ2) is 5.70. The van der Waals surface area contributed by atoms with Crippen LogP contribution in [0.4, 0.5) is 11.4 Å². The van der Waals surface area contributed by atoms with Crippen molar-refractivity contribution in [2.24, 2.45) is 5.41 Å². The Balaban J connectivity index is 2.44. The monoisotopic (exact) mass is 223 g/mol. The van der Waals surface area contributed by atoms with Gasteiger partial charge in [0.05, 0.1) is 17.6 Å².